The maximum absolute atomic E-state index is 6.05. The maximum atomic E-state index is 6.05. The molecule has 0 amide bonds. The van der Waals surface area contributed by atoms with Crippen LogP contribution in [-0.4, -0.2) is 21.6 Å². The molecule has 0 bridgehead atoms. The van der Waals surface area contributed by atoms with Crippen LogP contribution in [0.3, 0.4) is 0 Å². The molecule has 0 fully saturated rings. The number of nitrogen functional groups attached to an aromatic ring is 1. The predicted octanol–water partition coefficient (Wildman–Crippen LogP) is 3.13. The maximum Gasteiger partial charge on any atom is 0.215 e. The molecule has 0 unspecified atom stereocenters. The molecule has 2 aromatic heterocycles. The number of hydrogen-bond acceptors (Lipinski definition) is 4. The van der Waals surface area contributed by atoms with E-state index in [2.05, 4.69) is 35.9 Å². The van der Waals surface area contributed by atoms with Gasteiger partial charge in [0.2, 0.25) is 11.8 Å². The molecule has 2 N–H and O–H groups in total. The summed E-state index contributed by atoms with van der Waals surface area (Å²) in [5.74, 6) is 1.46. The molecule has 0 saturated heterocycles. The van der Waals surface area contributed by atoms with Crippen molar-refractivity contribution in [3.63, 3.8) is 0 Å². The number of hydrogen-bond donors (Lipinski definition) is 1. The molecule has 0 aliphatic carbocycles. The van der Waals surface area contributed by atoms with E-state index in [1.165, 1.54) is 5.56 Å². The van der Waals surface area contributed by atoms with Gasteiger partial charge in [-0.2, -0.15) is 4.98 Å². The van der Waals surface area contributed by atoms with Crippen LogP contribution in [0.4, 0.5) is 5.95 Å². The highest BCUT2D eigenvalue weighted by Crippen LogP contribution is 2.25. The van der Waals surface area contributed by atoms with Crippen LogP contribution in [-0.2, 0) is 0 Å². The second-order valence-electron chi connectivity index (χ2n) is 5.25. The zero-order valence-electron chi connectivity index (χ0n) is 12.4. The first-order valence-electron chi connectivity index (χ1n) is 6.89. The number of fused-ring (bicyclic) bond motifs is 1. The van der Waals surface area contributed by atoms with Crippen LogP contribution in [0, 0.1) is 0 Å². The van der Waals surface area contributed by atoms with Crippen LogP contribution >= 0.6 is 0 Å². The number of rotatable bonds is 3. The number of imidazole rings is 1. The van der Waals surface area contributed by atoms with Crippen LogP contribution in [0.1, 0.15) is 25.3 Å². The molecule has 0 spiro atoms. The standard InChI is InChI=1S/C16H18N4O/c1-10(2)11-4-6-12(7-5-11)20-15-13(18-16(20)17)8-9-14(19-15)21-3/h4-10H,1-3H3,(H2,17,18). The van der Waals surface area contributed by atoms with Crippen molar-refractivity contribution in [2.24, 2.45) is 0 Å². The Balaban J connectivity index is 2.16. The van der Waals surface area contributed by atoms with E-state index in [4.69, 9.17) is 10.5 Å². The smallest absolute Gasteiger partial charge is 0.215 e. The van der Waals surface area contributed by atoms with E-state index < -0.39 is 0 Å². The van der Waals surface area contributed by atoms with Crippen molar-refractivity contribution in [2.45, 2.75) is 19.8 Å². The molecule has 108 valence electrons. The Morgan fingerprint density at radius 3 is 2.38 bits per heavy atom. The second-order valence-corrected chi connectivity index (χ2v) is 5.25. The van der Waals surface area contributed by atoms with E-state index >= 15 is 0 Å². The summed E-state index contributed by atoms with van der Waals surface area (Å²) >= 11 is 0. The fourth-order valence-corrected chi connectivity index (χ4v) is 2.33. The Labute approximate surface area is 123 Å². The molecule has 3 aromatic rings. The number of ether oxygens (including phenoxy) is 1. The highest BCUT2D eigenvalue weighted by atomic mass is 16.5. The summed E-state index contributed by atoms with van der Waals surface area (Å²) in [5.41, 5.74) is 9.72. The summed E-state index contributed by atoms with van der Waals surface area (Å²) in [4.78, 5) is 8.79. The highest BCUT2D eigenvalue weighted by molar-refractivity contribution is 5.77. The number of nitrogens with zero attached hydrogens (tertiary/aromatic N) is 3. The summed E-state index contributed by atoms with van der Waals surface area (Å²) in [5, 5.41) is 0. The lowest BCUT2D eigenvalue weighted by atomic mass is 10.0. The lowest BCUT2D eigenvalue weighted by Crippen LogP contribution is -2.02. The average Bonchev–Trinajstić information content (AvgIpc) is 2.82. The Morgan fingerprint density at radius 1 is 1.05 bits per heavy atom. The van der Waals surface area contributed by atoms with Crippen LogP contribution in [0.15, 0.2) is 36.4 Å². The van der Waals surface area contributed by atoms with Gasteiger partial charge in [0.05, 0.1) is 12.8 Å². The first-order chi connectivity index (χ1) is 10.1. The molecule has 5 nitrogen and oxygen atoms in total. The predicted molar refractivity (Wildman–Crippen MR) is 83.9 cm³/mol. The minimum absolute atomic E-state index is 0.419. The first-order valence-corrected chi connectivity index (χ1v) is 6.89. The second kappa shape index (κ2) is 5.09. The zero-order chi connectivity index (χ0) is 15.0. The number of nitrogens with two attached hydrogens (primary N) is 1. The van der Waals surface area contributed by atoms with E-state index in [1.54, 1.807) is 13.2 Å². The molecule has 1 aromatic carbocycles. The molecular formula is C16H18N4O. The Kier molecular flexibility index (Phi) is 3.25. The number of pyridine rings is 1. The topological polar surface area (TPSA) is 66.0 Å². The fraction of sp³-hybridized carbons (Fsp3) is 0.250. The minimum Gasteiger partial charge on any atom is -0.481 e. The molecule has 5 heteroatoms. The third-order valence-electron chi connectivity index (χ3n) is 3.53. The van der Waals surface area contributed by atoms with Crippen LogP contribution in [0.25, 0.3) is 16.9 Å². The van der Waals surface area contributed by atoms with Crippen molar-refractivity contribution in [1.29, 1.82) is 0 Å². The van der Waals surface area contributed by atoms with Gasteiger partial charge in [-0.15, -0.1) is 0 Å². The monoisotopic (exact) mass is 282 g/mol. The Morgan fingerprint density at radius 2 is 1.76 bits per heavy atom. The molecule has 0 aliphatic heterocycles. The van der Waals surface area contributed by atoms with Crippen molar-refractivity contribution < 1.29 is 4.74 Å². The van der Waals surface area contributed by atoms with Gasteiger partial charge in [-0.3, -0.25) is 4.57 Å². The third kappa shape index (κ3) is 2.31. The minimum atomic E-state index is 0.419. The molecule has 21 heavy (non-hydrogen) atoms. The van der Waals surface area contributed by atoms with Gasteiger partial charge in [0.25, 0.3) is 0 Å². The van der Waals surface area contributed by atoms with Gasteiger partial charge in [0.1, 0.15) is 5.52 Å². The lowest BCUT2D eigenvalue weighted by Gasteiger charge is -2.09. The fourth-order valence-electron chi connectivity index (χ4n) is 2.33. The van der Waals surface area contributed by atoms with Crippen molar-refractivity contribution in [1.82, 2.24) is 14.5 Å². The van der Waals surface area contributed by atoms with Crippen molar-refractivity contribution in [3.8, 4) is 11.6 Å². The summed E-state index contributed by atoms with van der Waals surface area (Å²) < 4.78 is 7.02. The largest absolute Gasteiger partial charge is 0.481 e. The van der Waals surface area contributed by atoms with Crippen LogP contribution in [0.5, 0.6) is 5.88 Å². The zero-order valence-corrected chi connectivity index (χ0v) is 12.4. The Hall–Kier alpha value is -2.56. The molecule has 0 atom stereocenters. The number of methoxy groups -OCH3 is 1. The molecule has 0 saturated carbocycles. The number of aromatic nitrogens is 3. The SMILES string of the molecule is COc1ccc2nc(N)n(-c3ccc(C(C)C)cc3)c2n1. The van der Waals surface area contributed by atoms with Gasteiger partial charge in [-0.25, -0.2) is 4.98 Å². The molecule has 0 radical (unpaired) electrons. The van der Waals surface area contributed by atoms with Crippen molar-refractivity contribution >= 4 is 17.1 Å². The quantitative estimate of drug-likeness (QED) is 0.801. The summed E-state index contributed by atoms with van der Waals surface area (Å²) in [7, 11) is 1.59. The number of benzene rings is 1. The highest BCUT2D eigenvalue weighted by Gasteiger charge is 2.12. The average molecular weight is 282 g/mol. The normalized spacial score (nSPS) is 11.2. The van der Waals surface area contributed by atoms with E-state index in [-0.39, 0.29) is 0 Å². The van der Waals surface area contributed by atoms with Gasteiger partial charge in [-0.1, -0.05) is 26.0 Å². The van der Waals surface area contributed by atoms with E-state index in [1.807, 2.05) is 22.8 Å². The van der Waals surface area contributed by atoms with E-state index in [0.717, 1.165) is 11.2 Å². The van der Waals surface area contributed by atoms with E-state index in [9.17, 15) is 0 Å². The third-order valence-corrected chi connectivity index (χ3v) is 3.53. The van der Waals surface area contributed by atoms with Crippen LogP contribution < -0.4 is 10.5 Å². The number of anilines is 1. The molecular weight excluding hydrogens is 264 g/mol. The summed E-state index contributed by atoms with van der Waals surface area (Å²) in [6.45, 7) is 4.34. The van der Waals surface area contributed by atoms with Gasteiger partial charge in [-0.05, 0) is 29.7 Å². The van der Waals surface area contributed by atoms with Gasteiger partial charge in [0, 0.05) is 6.07 Å². The molecule has 0 aliphatic rings. The van der Waals surface area contributed by atoms with E-state index in [0.29, 0.717) is 23.4 Å². The molecule has 3 rings (SSSR count). The van der Waals surface area contributed by atoms with Gasteiger partial charge >= 0.3 is 0 Å². The molecule has 2 heterocycles. The van der Waals surface area contributed by atoms with Crippen molar-refractivity contribution in [3.05, 3.63) is 42.0 Å². The van der Waals surface area contributed by atoms with Crippen molar-refractivity contribution in [2.75, 3.05) is 12.8 Å². The first kappa shape index (κ1) is 13.4. The lowest BCUT2D eigenvalue weighted by molar-refractivity contribution is 0.399. The van der Waals surface area contributed by atoms with Gasteiger partial charge < -0.3 is 10.5 Å². The van der Waals surface area contributed by atoms with Crippen LogP contribution in [0.2, 0.25) is 0 Å². The van der Waals surface area contributed by atoms with Gasteiger partial charge in [0.15, 0.2) is 5.65 Å². The summed E-state index contributed by atoms with van der Waals surface area (Å²) in [6.07, 6.45) is 0. The summed E-state index contributed by atoms with van der Waals surface area (Å²) in [6, 6.07) is 11.9. The Bertz CT molecular complexity index is 775.